The first-order valence-electron chi connectivity index (χ1n) is 5.44. The molecule has 2 aromatic rings. The molecule has 2 nitrogen and oxygen atoms in total. The minimum absolute atomic E-state index is 0.123. The van der Waals surface area contributed by atoms with Gasteiger partial charge in [-0.2, -0.15) is 0 Å². The molecule has 0 fully saturated rings. The van der Waals surface area contributed by atoms with Gasteiger partial charge in [0.2, 0.25) is 0 Å². The molecule has 0 radical (unpaired) electrons. The molecule has 2 rings (SSSR count). The van der Waals surface area contributed by atoms with Crippen LogP contribution in [0, 0.1) is 23.3 Å². The maximum atomic E-state index is 13.5. The summed E-state index contributed by atoms with van der Waals surface area (Å²) >= 11 is 5.66. The fraction of sp³-hybridized carbons (Fsp3) is 0.0769. The molecular weight excluding hydrogens is 298 g/mol. The van der Waals surface area contributed by atoms with Crippen molar-refractivity contribution in [1.82, 2.24) is 0 Å². The van der Waals surface area contributed by atoms with Crippen molar-refractivity contribution < 1.29 is 22.7 Å². The molecule has 0 saturated heterocycles. The van der Waals surface area contributed by atoms with Gasteiger partial charge in [-0.15, -0.1) is 0 Å². The van der Waals surface area contributed by atoms with Crippen LogP contribution in [0.4, 0.5) is 23.2 Å². The molecule has 0 spiro atoms. The molecule has 0 unspecified atom stereocenters. The monoisotopic (exact) mass is 305 g/mol. The number of phenolic OH excluding ortho intramolecular Hbond substituents is 1. The number of hydrogen-bond donors (Lipinski definition) is 2. The molecule has 0 aromatic heterocycles. The third-order valence-electron chi connectivity index (χ3n) is 2.55. The summed E-state index contributed by atoms with van der Waals surface area (Å²) in [6, 6.07) is 3.32. The van der Waals surface area contributed by atoms with Crippen LogP contribution in [-0.2, 0) is 6.54 Å². The van der Waals surface area contributed by atoms with Crippen molar-refractivity contribution in [3.05, 3.63) is 58.1 Å². The molecule has 20 heavy (non-hydrogen) atoms. The van der Waals surface area contributed by atoms with E-state index in [0.717, 1.165) is 18.2 Å². The molecule has 0 aliphatic rings. The average Bonchev–Trinajstić information content (AvgIpc) is 2.34. The summed E-state index contributed by atoms with van der Waals surface area (Å²) in [4.78, 5) is 0. The molecule has 2 aromatic carbocycles. The zero-order valence-corrected chi connectivity index (χ0v) is 10.6. The fourth-order valence-electron chi connectivity index (χ4n) is 1.62. The van der Waals surface area contributed by atoms with Gasteiger partial charge in [0.25, 0.3) is 0 Å². The number of nitrogens with one attached hydrogen (secondary N) is 1. The molecule has 0 atom stereocenters. The van der Waals surface area contributed by atoms with Crippen LogP contribution in [0.25, 0.3) is 0 Å². The summed E-state index contributed by atoms with van der Waals surface area (Å²) in [5.74, 6) is -5.10. The molecule has 7 heteroatoms. The third kappa shape index (κ3) is 2.96. The van der Waals surface area contributed by atoms with E-state index in [2.05, 4.69) is 5.32 Å². The van der Waals surface area contributed by atoms with E-state index in [1.807, 2.05) is 0 Å². The van der Waals surface area contributed by atoms with E-state index in [1.54, 1.807) is 0 Å². The lowest BCUT2D eigenvalue weighted by Crippen LogP contribution is -2.04. The van der Waals surface area contributed by atoms with Gasteiger partial charge in [-0.25, -0.2) is 17.6 Å². The number of hydrogen-bond acceptors (Lipinski definition) is 2. The summed E-state index contributed by atoms with van der Waals surface area (Å²) in [5, 5.41) is 11.3. The summed E-state index contributed by atoms with van der Waals surface area (Å²) in [5.41, 5.74) is -0.0560. The van der Waals surface area contributed by atoms with E-state index < -0.39 is 29.0 Å². The lowest BCUT2D eigenvalue weighted by atomic mass is 10.2. The van der Waals surface area contributed by atoms with Crippen molar-refractivity contribution in [1.29, 1.82) is 0 Å². The van der Waals surface area contributed by atoms with Crippen LogP contribution < -0.4 is 5.32 Å². The standard InChI is InChI=1S/C13H8ClF4NO/c14-8-3-7(15)4-9(16)12(8)19-5-6-1-10(17)13(20)11(18)2-6/h1-4,19-20H,5H2. The Balaban J connectivity index is 2.21. The number of anilines is 1. The van der Waals surface area contributed by atoms with Gasteiger partial charge >= 0.3 is 0 Å². The Labute approximate surface area is 116 Å². The smallest absolute Gasteiger partial charge is 0.187 e. The highest BCUT2D eigenvalue weighted by atomic mass is 35.5. The topological polar surface area (TPSA) is 32.3 Å². The minimum atomic E-state index is -1.13. The number of phenols is 1. The molecular formula is C13H8ClF4NO. The van der Waals surface area contributed by atoms with Gasteiger partial charge in [-0.3, -0.25) is 0 Å². The van der Waals surface area contributed by atoms with Crippen molar-refractivity contribution in [2.24, 2.45) is 0 Å². The minimum Gasteiger partial charge on any atom is -0.503 e. The van der Waals surface area contributed by atoms with Crippen LogP contribution in [0.2, 0.25) is 5.02 Å². The lowest BCUT2D eigenvalue weighted by Gasteiger charge is -2.10. The largest absolute Gasteiger partial charge is 0.503 e. The summed E-state index contributed by atoms with van der Waals surface area (Å²) in [7, 11) is 0. The molecule has 0 amide bonds. The molecule has 0 bridgehead atoms. The number of rotatable bonds is 3. The van der Waals surface area contributed by atoms with Crippen molar-refractivity contribution in [2.75, 3.05) is 5.32 Å². The van der Waals surface area contributed by atoms with Crippen LogP contribution in [0.1, 0.15) is 5.56 Å². The van der Waals surface area contributed by atoms with Gasteiger partial charge in [0.1, 0.15) is 5.82 Å². The van der Waals surface area contributed by atoms with Crippen molar-refractivity contribution in [2.45, 2.75) is 6.54 Å². The maximum Gasteiger partial charge on any atom is 0.187 e. The van der Waals surface area contributed by atoms with Crippen LogP contribution in [0.3, 0.4) is 0 Å². The second-order valence-corrected chi connectivity index (χ2v) is 4.41. The van der Waals surface area contributed by atoms with E-state index >= 15 is 0 Å². The van der Waals surface area contributed by atoms with E-state index in [0.29, 0.717) is 6.07 Å². The average molecular weight is 306 g/mol. The van der Waals surface area contributed by atoms with Gasteiger partial charge in [0.05, 0.1) is 10.7 Å². The second kappa shape index (κ2) is 5.58. The predicted molar refractivity (Wildman–Crippen MR) is 66.7 cm³/mol. The Morgan fingerprint density at radius 1 is 0.950 bits per heavy atom. The number of aromatic hydroxyl groups is 1. The van der Waals surface area contributed by atoms with Gasteiger partial charge < -0.3 is 10.4 Å². The van der Waals surface area contributed by atoms with Crippen LogP contribution in [0.15, 0.2) is 24.3 Å². The number of benzene rings is 2. The van der Waals surface area contributed by atoms with E-state index in [4.69, 9.17) is 16.7 Å². The first kappa shape index (κ1) is 14.5. The molecule has 106 valence electrons. The van der Waals surface area contributed by atoms with Crippen molar-refractivity contribution in [3.8, 4) is 5.75 Å². The van der Waals surface area contributed by atoms with Crippen LogP contribution in [0.5, 0.6) is 5.75 Å². The quantitative estimate of drug-likeness (QED) is 0.832. The molecule has 0 aliphatic heterocycles. The normalized spacial score (nSPS) is 10.7. The van der Waals surface area contributed by atoms with Crippen molar-refractivity contribution >= 4 is 17.3 Å². The second-order valence-electron chi connectivity index (χ2n) is 4.01. The Morgan fingerprint density at radius 3 is 2.10 bits per heavy atom. The van der Waals surface area contributed by atoms with Gasteiger partial charge in [0.15, 0.2) is 23.2 Å². The lowest BCUT2D eigenvalue weighted by molar-refractivity contribution is 0.395. The fourth-order valence-corrected chi connectivity index (χ4v) is 1.88. The first-order valence-corrected chi connectivity index (χ1v) is 5.81. The summed E-state index contributed by atoms with van der Waals surface area (Å²) < 4.78 is 52.5. The maximum absolute atomic E-state index is 13.5. The highest BCUT2D eigenvalue weighted by molar-refractivity contribution is 6.33. The Kier molecular flexibility index (Phi) is 4.04. The first-order chi connectivity index (χ1) is 9.38. The van der Waals surface area contributed by atoms with Gasteiger partial charge in [0, 0.05) is 12.6 Å². The van der Waals surface area contributed by atoms with Gasteiger partial charge in [-0.05, 0) is 23.8 Å². The molecule has 0 aliphatic carbocycles. The molecule has 2 N–H and O–H groups in total. The van der Waals surface area contributed by atoms with Gasteiger partial charge in [-0.1, -0.05) is 11.6 Å². The highest BCUT2D eigenvalue weighted by Crippen LogP contribution is 2.27. The zero-order chi connectivity index (χ0) is 14.9. The van der Waals surface area contributed by atoms with Crippen LogP contribution in [-0.4, -0.2) is 5.11 Å². The Bertz CT molecular complexity index is 617. The number of halogens is 5. The third-order valence-corrected chi connectivity index (χ3v) is 2.85. The highest BCUT2D eigenvalue weighted by Gasteiger charge is 2.12. The predicted octanol–water partition coefficient (Wildman–Crippen LogP) is 4.21. The molecule has 0 heterocycles. The molecule has 0 saturated carbocycles. The zero-order valence-electron chi connectivity index (χ0n) is 9.85. The van der Waals surface area contributed by atoms with Crippen LogP contribution >= 0.6 is 11.6 Å². The van der Waals surface area contributed by atoms with E-state index in [9.17, 15) is 17.6 Å². The van der Waals surface area contributed by atoms with E-state index in [-0.39, 0.29) is 22.8 Å². The summed E-state index contributed by atoms with van der Waals surface area (Å²) in [6.07, 6.45) is 0. The Hall–Kier alpha value is -1.95. The summed E-state index contributed by atoms with van der Waals surface area (Å²) in [6.45, 7) is -0.156. The SMILES string of the molecule is Oc1c(F)cc(CNc2c(F)cc(F)cc2Cl)cc1F. The van der Waals surface area contributed by atoms with Crippen molar-refractivity contribution in [3.63, 3.8) is 0 Å². The Morgan fingerprint density at radius 2 is 1.55 bits per heavy atom. The van der Waals surface area contributed by atoms with E-state index in [1.165, 1.54) is 0 Å².